The molecule has 0 aromatic heterocycles. The molecule has 2 nitrogen and oxygen atoms in total. The number of aliphatic hydroxyl groups excluding tert-OH is 1. The molecule has 0 amide bonds. The standard InChI is InChI=1S/C17H22FNOS/c1-13-14(2)21-10-8-19(13)12-16-6-7-17(18)11-15(16)5-3-4-9-20/h6-7,11,13-14,20H,4,8-10,12H2,1-2H3. The van der Waals surface area contributed by atoms with E-state index in [1.54, 1.807) is 0 Å². The van der Waals surface area contributed by atoms with Crippen molar-refractivity contribution in [3.8, 4) is 11.8 Å². The van der Waals surface area contributed by atoms with E-state index in [0.29, 0.717) is 17.7 Å². The molecule has 21 heavy (non-hydrogen) atoms. The first kappa shape index (κ1) is 16.4. The lowest BCUT2D eigenvalue weighted by Gasteiger charge is -2.37. The van der Waals surface area contributed by atoms with E-state index in [9.17, 15) is 4.39 Å². The number of hydrogen-bond acceptors (Lipinski definition) is 3. The van der Waals surface area contributed by atoms with Gasteiger partial charge in [0, 0.05) is 42.1 Å². The fourth-order valence-corrected chi connectivity index (χ4v) is 3.62. The molecule has 2 atom stereocenters. The Balaban J connectivity index is 2.17. The molecule has 0 spiro atoms. The Morgan fingerprint density at radius 1 is 1.43 bits per heavy atom. The largest absolute Gasteiger partial charge is 0.395 e. The van der Waals surface area contributed by atoms with Gasteiger partial charge in [0.25, 0.3) is 0 Å². The number of nitrogens with zero attached hydrogens (tertiary/aromatic N) is 1. The number of hydrogen-bond donors (Lipinski definition) is 1. The van der Waals surface area contributed by atoms with Crippen LogP contribution in [0.3, 0.4) is 0 Å². The first-order chi connectivity index (χ1) is 10.1. The SMILES string of the molecule is CC1SCCN(Cc2ccc(F)cc2C#CCCO)C1C. The lowest BCUT2D eigenvalue weighted by atomic mass is 10.1. The first-order valence-electron chi connectivity index (χ1n) is 7.35. The molecule has 1 N–H and O–H groups in total. The zero-order valence-electron chi connectivity index (χ0n) is 12.6. The van der Waals surface area contributed by atoms with Gasteiger partial charge < -0.3 is 5.11 Å². The van der Waals surface area contributed by atoms with Crippen molar-refractivity contribution in [1.29, 1.82) is 0 Å². The molecular weight excluding hydrogens is 285 g/mol. The van der Waals surface area contributed by atoms with Gasteiger partial charge in [-0.3, -0.25) is 4.90 Å². The maximum atomic E-state index is 13.4. The predicted molar refractivity (Wildman–Crippen MR) is 86.8 cm³/mol. The topological polar surface area (TPSA) is 23.5 Å². The molecule has 0 radical (unpaired) electrons. The Morgan fingerprint density at radius 2 is 2.24 bits per heavy atom. The fraction of sp³-hybridized carbons (Fsp3) is 0.529. The van der Waals surface area contributed by atoms with Crippen molar-refractivity contribution in [2.75, 3.05) is 18.9 Å². The minimum Gasteiger partial charge on any atom is -0.395 e. The number of rotatable bonds is 3. The summed E-state index contributed by atoms with van der Waals surface area (Å²) in [6.07, 6.45) is 0.420. The Labute approximate surface area is 130 Å². The molecule has 1 aromatic carbocycles. The zero-order valence-corrected chi connectivity index (χ0v) is 13.4. The highest BCUT2D eigenvalue weighted by Crippen LogP contribution is 2.26. The van der Waals surface area contributed by atoms with Gasteiger partial charge in [-0.15, -0.1) is 0 Å². The second-order valence-corrected chi connectivity index (χ2v) is 6.85. The lowest BCUT2D eigenvalue weighted by Crippen LogP contribution is -2.44. The Hall–Kier alpha value is -1.02. The molecule has 0 bridgehead atoms. The highest BCUT2D eigenvalue weighted by molar-refractivity contribution is 8.00. The van der Waals surface area contributed by atoms with E-state index in [1.165, 1.54) is 12.1 Å². The summed E-state index contributed by atoms with van der Waals surface area (Å²) >= 11 is 2.01. The van der Waals surface area contributed by atoms with Gasteiger partial charge in [0.2, 0.25) is 0 Å². The molecule has 1 aliphatic rings. The van der Waals surface area contributed by atoms with E-state index in [4.69, 9.17) is 5.11 Å². The van der Waals surface area contributed by atoms with E-state index in [1.807, 2.05) is 17.8 Å². The smallest absolute Gasteiger partial charge is 0.124 e. The lowest BCUT2D eigenvalue weighted by molar-refractivity contribution is 0.204. The van der Waals surface area contributed by atoms with Crippen LogP contribution in [0.1, 0.15) is 31.4 Å². The third-order valence-electron chi connectivity index (χ3n) is 3.92. The number of thioether (sulfide) groups is 1. The van der Waals surface area contributed by atoms with Crippen LogP contribution in [-0.2, 0) is 6.54 Å². The molecule has 114 valence electrons. The van der Waals surface area contributed by atoms with E-state index in [0.717, 1.165) is 30.0 Å². The van der Waals surface area contributed by atoms with Crippen LogP contribution in [0.5, 0.6) is 0 Å². The molecule has 1 fully saturated rings. The second-order valence-electron chi connectivity index (χ2n) is 5.36. The quantitative estimate of drug-likeness (QED) is 0.869. The van der Waals surface area contributed by atoms with Crippen molar-refractivity contribution < 1.29 is 9.50 Å². The van der Waals surface area contributed by atoms with Crippen LogP contribution >= 0.6 is 11.8 Å². The Bertz CT molecular complexity index is 537. The van der Waals surface area contributed by atoms with Gasteiger partial charge >= 0.3 is 0 Å². The Kier molecular flexibility index (Phi) is 6.10. The summed E-state index contributed by atoms with van der Waals surface area (Å²) in [7, 11) is 0. The van der Waals surface area contributed by atoms with Crippen LogP contribution in [-0.4, -0.2) is 40.2 Å². The maximum absolute atomic E-state index is 13.4. The molecule has 2 rings (SSSR count). The van der Waals surface area contributed by atoms with Crippen molar-refractivity contribution >= 4 is 11.8 Å². The van der Waals surface area contributed by atoms with E-state index < -0.39 is 0 Å². The second kappa shape index (κ2) is 7.84. The van der Waals surface area contributed by atoms with Gasteiger partial charge in [-0.1, -0.05) is 24.8 Å². The number of benzene rings is 1. The summed E-state index contributed by atoms with van der Waals surface area (Å²) in [5, 5.41) is 9.42. The van der Waals surface area contributed by atoms with Crippen molar-refractivity contribution in [2.24, 2.45) is 0 Å². The summed E-state index contributed by atoms with van der Waals surface area (Å²) < 4.78 is 13.4. The van der Waals surface area contributed by atoms with Gasteiger partial charge in [0.1, 0.15) is 5.82 Å². The van der Waals surface area contributed by atoms with E-state index >= 15 is 0 Å². The molecule has 2 unspecified atom stereocenters. The normalized spacial score (nSPS) is 22.7. The third-order valence-corrected chi connectivity index (χ3v) is 5.26. The third kappa shape index (κ3) is 4.47. The summed E-state index contributed by atoms with van der Waals surface area (Å²) in [6, 6.07) is 5.33. The number of halogens is 1. The van der Waals surface area contributed by atoms with Gasteiger partial charge in [-0.25, -0.2) is 4.39 Å². The fourth-order valence-electron chi connectivity index (χ4n) is 2.45. The summed E-state index contributed by atoms with van der Waals surface area (Å²) in [5.41, 5.74) is 1.80. The van der Waals surface area contributed by atoms with Crippen LogP contribution in [0.15, 0.2) is 18.2 Å². The van der Waals surface area contributed by atoms with Crippen molar-refractivity contribution in [2.45, 2.75) is 38.1 Å². The molecule has 0 saturated carbocycles. The van der Waals surface area contributed by atoms with Gasteiger partial charge in [0.05, 0.1) is 6.61 Å². The van der Waals surface area contributed by atoms with Gasteiger partial charge in [0.15, 0.2) is 0 Å². The maximum Gasteiger partial charge on any atom is 0.124 e. The average molecular weight is 307 g/mol. The van der Waals surface area contributed by atoms with Crippen LogP contribution < -0.4 is 0 Å². The number of aliphatic hydroxyl groups is 1. The van der Waals surface area contributed by atoms with Crippen LogP contribution in [0.4, 0.5) is 4.39 Å². The molecule has 1 heterocycles. The van der Waals surface area contributed by atoms with E-state index in [2.05, 4.69) is 30.6 Å². The van der Waals surface area contributed by atoms with Crippen LogP contribution in [0.2, 0.25) is 0 Å². The molecular formula is C17H22FNOS. The molecule has 1 aliphatic heterocycles. The van der Waals surface area contributed by atoms with Crippen LogP contribution in [0.25, 0.3) is 0 Å². The summed E-state index contributed by atoms with van der Waals surface area (Å²) in [4.78, 5) is 2.44. The van der Waals surface area contributed by atoms with Gasteiger partial charge in [-0.05, 0) is 24.6 Å². The molecule has 4 heteroatoms. The highest BCUT2D eigenvalue weighted by Gasteiger charge is 2.25. The zero-order chi connectivity index (χ0) is 15.2. The van der Waals surface area contributed by atoms with Crippen molar-refractivity contribution in [3.05, 3.63) is 35.1 Å². The molecule has 1 saturated heterocycles. The van der Waals surface area contributed by atoms with Crippen LogP contribution in [0, 0.1) is 17.7 Å². The average Bonchev–Trinajstić information content (AvgIpc) is 2.46. The van der Waals surface area contributed by atoms with Crippen molar-refractivity contribution in [1.82, 2.24) is 4.90 Å². The minimum absolute atomic E-state index is 0.0372. The molecule has 1 aromatic rings. The Morgan fingerprint density at radius 3 is 3.00 bits per heavy atom. The predicted octanol–water partition coefficient (Wildman–Crippen LogP) is 2.89. The van der Waals surface area contributed by atoms with Crippen molar-refractivity contribution in [3.63, 3.8) is 0 Å². The monoisotopic (exact) mass is 307 g/mol. The van der Waals surface area contributed by atoms with E-state index in [-0.39, 0.29) is 12.4 Å². The van der Waals surface area contributed by atoms with Gasteiger partial charge in [-0.2, -0.15) is 11.8 Å². The highest BCUT2D eigenvalue weighted by atomic mass is 32.2. The minimum atomic E-state index is -0.261. The summed E-state index contributed by atoms with van der Waals surface area (Å²) in [5.74, 6) is 6.75. The summed E-state index contributed by atoms with van der Waals surface area (Å²) in [6.45, 7) is 6.40. The first-order valence-corrected chi connectivity index (χ1v) is 8.40. The molecule has 0 aliphatic carbocycles.